The van der Waals surface area contributed by atoms with E-state index in [1.807, 2.05) is 11.0 Å². The molecule has 29 heavy (non-hydrogen) atoms. The number of amides is 1. The number of hydrogen-bond acceptors (Lipinski definition) is 5. The molecule has 0 saturated carbocycles. The summed E-state index contributed by atoms with van der Waals surface area (Å²) in [5.74, 6) is -0.171. The number of hydrogen-bond donors (Lipinski definition) is 1. The highest BCUT2D eigenvalue weighted by molar-refractivity contribution is 7.89. The van der Waals surface area contributed by atoms with Crippen LogP contribution in [0, 0.1) is 11.3 Å². The van der Waals surface area contributed by atoms with Crippen molar-refractivity contribution in [3.05, 3.63) is 59.1 Å². The van der Waals surface area contributed by atoms with Crippen LogP contribution in [0.2, 0.25) is 5.02 Å². The Labute approximate surface area is 175 Å². The van der Waals surface area contributed by atoms with Crippen LogP contribution in [0.4, 0.5) is 5.69 Å². The van der Waals surface area contributed by atoms with Crippen LogP contribution in [0.1, 0.15) is 12.5 Å². The Morgan fingerprint density at radius 1 is 1.14 bits per heavy atom. The van der Waals surface area contributed by atoms with Crippen molar-refractivity contribution in [3.8, 4) is 6.07 Å². The molecule has 1 amide bonds. The first kappa shape index (κ1) is 21.3. The van der Waals surface area contributed by atoms with Crippen molar-refractivity contribution in [1.82, 2.24) is 9.21 Å². The molecule has 1 heterocycles. The molecule has 7 nitrogen and oxygen atoms in total. The van der Waals surface area contributed by atoms with Gasteiger partial charge in [0.2, 0.25) is 15.9 Å². The van der Waals surface area contributed by atoms with Crippen LogP contribution in [0.25, 0.3) is 0 Å². The fraction of sp³-hybridized carbons (Fsp3) is 0.300. The number of anilines is 1. The lowest BCUT2D eigenvalue weighted by molar-refractivity contribution is -0.121. The van der Waals surface area contributed by atoms with Gasteiger partial charge >= 0.3 is 0 Å². The molecule has 152 valence electrons. The average Bonchev–Trinajstić information content (AvgIpc) is 2.73. The summed E-state index contributed by atoms with van der Waals surface area (Å²) in [7, 11) is -3.63. The van der Waals surface area contributed by atoms with Crippen molar-refractivity contribution in [3.63, 3.8) is 0 Å². The molecule has 1 N–H and O–H groups in total. The molecule has 0 radical (unpaired) electrons. The van der Waals surface area contributed by atoms with E-state index < -0.39 is 16.1 Å². The van der Waals surface area contributed by atoms with E-state index in [2.05, 4.69) is 5.32 Å². The largest absolute Gasteiger partial charge is 0.325 e. The van der Waals surface area contributed by atoms with Gasteiger partial charge in [0.25, 0.3) is 0 Å². The van der Waals surface area contributed by atoms with Crippen molar-refractivity contribution in [2.24, 2.45) is 0 Å². The molecule has 2 aromatic rings. The molecular formula is C20H21ClN4O3S. The molecule has 1 aliphatic rings. The predicted molar refractivity (Wildman–Crippen MR) is 111 cm³/mol. The Hall–Kier alpha value is -2.44. The molecule has 0 bridgehead atoms. The number of sulfonamides is 1. The summed E-state index contributed by atoms with van der Waals surface area (Å²) in [6.07, 6.45) is 0. The lowest BCUT2D eigenvalue weighted by Crippen LogP contribution is -2.53. The Morgan fingerprint density at radius 3 is 2.38 bits per heavy atom. The molecule has 2 aromatic carbocycles. The quantitative estimate of drug-likeness (QED) is 0.783. The van der Waals surface area contributed by atoms with Gasteiger partial charge in [0, 0.05) is 36.9 Å². The molecule has 1 saturated heterocycles. The standard InChI is InChI=1S/C20H21ClN4O3S/c1-15(20(26)23-18-4-2-3-17(21)13-18)24-9-11-25(12-10-24)29(27,28)19-7-5-16(14-22)6-8-19/h2-8,13,15H,9-12H2,1H3,(H,23,26). The van der Waals surface area contributed by atoms with Crippen LogP contribution in [0.3, 0.4) is 0 Å². The van der Waals surface area contributed by atoms with Crippen molar-refractivity contribution in [2.75, 3.05) is 31.5 Å². The normalized spacial score (nSPS) is 16.7. The summed E-state index contributed by atoms with van der Waals surface area (Å²) < 4.78 is 27.0. The van der Waals surface area contributed by atoms with E-state index >= 15 is 0 Å². The second kappa shape index (κ2) is 8.93. The summed E-state index contributed by atoms with van der Waals surface area (Å²) >= 11 is 5.94. The van der Waals surface area contributed by atoms with Crippen LogP contribution < -0.4 is 5.32 Å². The molecule has 1 unspecified atom stereocenters. The first-order valence-corrected chi connectivity index (χ1v) is 10.9. The van der Waals surface area contributed by atoms with Crippen LogP contribution in [0.5, 0.6) is 0 Å². The minimum atomic E-state index is -3.63. The molecule has 0 aromatic heterocycles. The lowest BCUT2D eigenvalue weighted by atomic mass is 10.2. The van der Waals surface area contributed by atoms with Crippen LogP contribution in [-0.2, 0) is 14.8 Å². The Balaban J connectivity index is 1.60. The van der Waals surface area contributed by atoms with E-state index in [1.54, 1.807) is 31.2 Å². The molecule has 1 atom stereocenters. The molecule has 1 aliphatic heterocycles. The monoisotopic (exact) mass is 432 g/mol. The average molecular weight is 433 g/mol. The number of benzene rings is 2. The fourth-order valence-electron chi connectivity index (χ4n) is 3.16. The second-order valence-corrected chi connectivity index (χ2v) is 9.13. The SMILES string of the molecule is CC(C(=O)Nc1cccc(Cl)c1)N1CCN(S(=O)(=O)c2ccc(C#N)cc2)CC1. The Bertz CT molecular complexity index is 1030. The van der Waals surface area contributed by atoms with Gasteiger partial charge in [-0.3, -0.25) is 9.69 Å². The number of carbonyl (C=O) groups excluding carboxylic acids is 1. The van der Waals surface area contributed by atoms with Crippen LogP contribution in [0.15, 0.2) is 53.4 Å². The number of nitrogens with one attached hydrogen (secondary N) is 1. The van der Waals surface area contributed by atoms with Crippen molar-refractivity contribution >= 4 is 33.2 Å². The smallest absolute Gasteiger partial charge is 0.243 e. The molecular weight excluding hydrogens is 412 g/mol. The maximum absolute atomic E-state index is 12.8. The number of carbonyl (C=O) groups is 1. The summed E-state index contributed by atoms with van der Waals surface area (Å²) in [6.45, 7) is 3.26. The van der Waals surface area contributed by atoms with E-state index in [9.17, 15) is 13.2 Å². The number of nitrogens with zero attached hydrogens (tertiary/aromatic N) is 3. The van der Waals surface area contributed by atoms with Gasteiger partial charge in [-0.2, -0.15) is 9.57 Å². The third-order valence-electron chi connectivity index (χ3n) is 4.91. The van der Waals surface area contributed by atoms with Gasteiger partial charge in [0.1, 0.15) is 0 Å². The van der Waals surface area contributed by atoms with Crippen LogP contribution >= 0.6 is 11.6 Å². The van der Waals surface area contributed by atoms with E-state index in [0.717, 1.165) is 0 Å². The highest BCUT2D eigenvalue weighted by Gasteiger charge is 2.31. The minimum absolute atomic E-state index is 0.164. The summed E-state index contributed by atoms with van der Waals surface area (Å²) in [6, 6.07) is 14.4. The molecule has 0 aliphatic carbocycles. The van der Waals surface area contributed by atoms with Crippen molar-refractivity contribution < 1.29 is 13.2 Å². The highest BCUT2D eigenvalue weighted by Crippen LogP contribution is 2.20. The molecule has 1 fully saturated rings. The molecule has 0 spiro atoms. The van der Waals surface area contributed by atoms with Gasteiger partial charge < -0.3 is 5.32 Å². The predicted octanol–water partition coefficient (Wildman–Crippen LogP) is 2.55. The van der Waals surface area contributed by atoms with Crippen molar-refractivity contribution in [2.45, 2.75) is 17.9 Å². The molecule has 9 heteroatoms. The van der Waals surface area contributed by atoms with Crippen molar-refractivity contribution in [1.29, 1.82) is 5.26 Å². The number of nitriles is 1. The van der Waals surface area contributed by atoms with Gasteiger partial charge in [-0.1, -0.05) is 17.7 Å². The first-order chi connectivity index (χ1) is 13.8. The topological polar surface area (TPSA) is 93.5 Å². The second-order valence-electron chi connectivity index (χ2n) is 6.75. The van der Waals surface area contributed by atoms with Gasteiger partial charge in [-0.15, -0.1) is 0 Å². The zero-order chi connectivity index (χ0) is 21.0. The van der Waals surface area contributed by atoms with E-state index in [1.165, 1.54) is 28.6 Å². The maximum atomic E-state index is 12.8. The van der Waals surface area contributed by atoms with Gasteiger partial charge in [-0.25, -0.2) is 8.42 Å². The summed E-state index contributed by atoms with van der Waals surface area (Å²) in [4.78, 5) is 14.6. The highest BCUT2D eigenvalue weighted by atomic mass is 35.5. The maximum Gasteiger partial charge on any atom is 0.243 e. The summed E-state index contributed by atoms with van der Waals surface area (Å²) in [5.41, 5.74) is 1.03. The lowest BCUT2D eigenvalue weighted by Gasteiger charge is -2.36. The summed E-state index contributed by atoms with van der Waals surface area (Å²) in [5, 5.41) is 12.2. The van der Waals surface area contributed by atoms with Gasteiger partial charge in [0.15, 0.2) is 0 Å². The zero-order valence-corrected chi connectivity index (χ0v) is 17.4. The fourth-order valence-corrected chi connectivity index (χ4v) is 4.77. The zero-order valence-electron chi connectivity index (χ0n) is 15.9. The third-order valence-corrected chi connectivity index (χ3v) is 7.06. The van der Waals surface area contributed by atoms with E-state index in [4.69, 9.17) is 16.9 Å². The first-order valence-electron chi connectivity index (χ1n) is 9.12. The van der Waals surface area contributed by atoms with Gasteiger partial charge in [-0.05, 0) is 49.4 Å². The number of piperazine rings is 1. The molecule has 3 rings (SSSR count). The van der Waals surface area contributed by atoms with Crippen LogP contribution in [-0.4, -0.2) is 55.8 Å². The Morgan fingerprint density at radius 2 is 1.79 bits per heavy atom. The minimum Gasteiger partial charge on any atom is -0.325 e. The third kappa shape index (κ3) is 4.95. The van der Waals surface area contributed by atoms with E-state index in [0.29, 0.717) is 29.4 Å². The van der Waals surface area contributed by atoms with Gasteiger partial charge in [0.05, 0.1) is 22.6 Å². The Kier molecular flexibility index (Phi) is 6.55. The number of halogens is 1. The number of rotatable bonds is 5. The van der Waals surface area contributed by atoms with E-state index in [-0.39, 0.29) is 23.9 Å².